The normalized spacial score (nSPS) is 17.9. The Labute approximate surface area is 168 Å². The third kappa shape index (κ3) is 2.72. The van der Waals surface area contributed by atoms with E-state index in [-0.39, 0.29) is 5.41 Å². The zero-order valence-corrected chi connectivity index (χ0v) is 16.5. The molecule has 1 fully saturated rings. The van der Waals surface area contributed by atoms with Crippen LogP contribution in [0.15, 0.2) is 30.6 Å². The Balaban J connectivity index is 1.38. The van der Waals surface area contributed by atoms with Crippen LogP contribution >= 0.6 is 11.6 Å². The number of piperidine rings is 1. The third-order valence-electron chi connectivity index (χ3n) is 5.89. The van der Waals surface area contributed by atoms with Crippen molar-refractivity contribution in [2.45, 2.75) is 31.8 Å². The number of fused-ring (bicyclic) bond motifs is 3. The quantitative estimate of drug-likeness (QED) is 0.671. The molecule has 146 valence electrons. The molecule has 1 saturated heterocycles. The van der Waals surface area contributed by atoms with Gasteiger partial charge in [-0.05, 0) is 31.9 Å². The lowest BCUT2D eigenvalue weighted by Crippen LogP contribution is -2.43. The highest BCUT2D eigenvalue weighted by molar-refractivity contribution is 6.36. The average molecular weight is 400 g/mol. The minimum Gasteiger partial charge on any atom is -0.476 e. The van der Waals surface area contributed by atoms with Crippen LogP contribution in [0.3, 0.4) is 0 Å². The van der Waals surface area contributed by atoms with E-state index >= 15 is 0 Å². The minimum absolute atomic E-state index is 0.0657. The Morgan fingerprint density at radius 1 is 1.25 bits per heavy atom. The second-order valence-electron chi connectivity index (χ2n) is 7.37. The summed E-state index contributed by atoms with van der Waals surface area (Å²) in [5, 5.41) is 9.14. The van der Waals surface area contributed by atoms with Crippen LogP contribution in [0, 0.1) is 0 Å². The van der Waals surface area contributed by atoms with Crippen LogP contribution < -0.4 is 9.64 Å². The first-order valence-corrected chi connectivity index (χ1v) is 10.0. The fourth-order valence-electron chi connectivity index (χ4n) is 4.28. The van der Waals surface area contributed by atoms with Crippen molar-refractivity contribution in [2.75, 3.05) is 31.2 Å². The molecule has 0 N–H and O–H groups in total. The van der Waals surface area contributed by atoms with Crippen molar-refractivity contribution in [1.29, 1.82) is 0 Å². The predicted molar refractivity (Wildman–Crippen MR) is 106 cm³/mol. The van der Waals surface area contributed by atoms with Crippen LogP contribution in [-0.2, 0) is 16.8 Å². The largest absolute Gasteiger partial charge is 0.476 e. The molecule has 0 atom stereocenters. The van der Waals surface area contributed by atoms with Gasteiger partial charge < -0.3 is 14.4 Å². The van der Waals surface area contributed by atoms with E-state index < -0.39 is 0 Å². The monoisotopic (exact) mass is 399 g/mol. The van der Waals surface area contributed by atoms with Gasteiger partial charge in [0.05, 0.1) is 12.3 Å². The van der Waals surface area contributed by atoms with Crippen LogP contribution in [0.25, 0.3) is 5.65 Å². The fourth-order valence-corrected chi connectivity index (χ4v) is 4.59. The standard InChI is InChI=1S/C20H22ClN5O2/c1-2-27-12-16-23-24-18-17(21)15(5-9-26(16)18)25-10-6-20(7-11-25)13-28-19-14(20)4-3-8-22-19/h3-5,8-9H,2,6-7,10-13H2,1H3. The topological polar surface area (TPSA) is 64.8 Å². The van der Waals surface area contributed by atoms with Crippen LogP contribution in [0.1, 0.15) is 31.2 Å². The summed E-state index contributed by atoms with van der Waals surface area (Å²) in [7, 11) is 0. The zero-order chi connectivity index (χ0) is 19.1. The predicted octanol–water partition coefficient (Wildman–Crippen LogP) is 3.24. The Bertz CT molecular complexity index is 1010. The van der Waals surface area contributed by atoms with E-state index in [0.29, 0.717) is 30.5 Å². The van der Waals surface area contributed by atoms with Crippen molar-refractivity contribution in [2.24, 2.45) is 0 Å². The number of hydrogen-bond acceptors (Lipinski definition) is 6. The van der Waals surface area contributed by atoms with Crippen LogP contribution in [0.5, 0.6) is 5.88 Å². The van der Waals surface area contributed by atoms with Gasteiger partial charge in [0, 0.05) is 43.1 Å². The first-order valence-electron chi connectivity index (χ1n) is 9.65. The summed E-state index contributed by atoms with van der Waals surface area (Å²) in [6.45, 7) is 5.55. The molecular formula is C20H22ClN5O2. The molecule has 28 heavy (non-hydrogen) atoms. The maximum atomic E-state index is 6.71. The lowest BCUT2D eigenvalue weighted by atomic mass is 9.75. The lowest BCUT2D eigenvalue weighted by Gasteiger charge is -2.39. The Kier molecular flexibility index (Phi) is 4.36. The first-order chi connectivity index (χ1) is 13.7. The number of anilines is 1. The molecule has 0 aromatic carbocycles. The van der Waals surface area contributed by atoms with Crippen LogP contribution in [0.4, 0.5) is 5.69 Å². The Hall–Kier alpha value is -2.38. The third-order valence-corrected chi connectivity index (χ3v) is 6.26. The molecule has 7 nitrogen and oxygen atoms in total. The molecule has 2 aliphatic heterocycles. The first kappa shape index (κ1) is 17.7. The number of hydrogen-bond donors (Lipinski definition) is 0. The van der Waals surface area contributed by atoms with E-state index in [1.165, 1.54) is 5.56 Å². The maximum Gasteiger partial charge on any atom is 0.217 e. The maximum absolute atomic E-state index is 6.71. The number of pyridine rings is 2. The van der Waals surface area contributed by atoms with Crippen molar-refractivity contribution in [3.63, 3.8) is 0 Å². The van der Waals surface area contributed by atoms with Crippen molar-refractivity contribution in [3.8, 4) is 5.88 Å². The summed E-state index contributed by atoms with van der Waals surface area (Å²) in [5.41, 5.74) is 2.99. The second-order valence-corrected chi connectivity index (χ2v) is 7.75. The van der Waals surface area contributed by atoms with E-state index in [0.717, 1.165) is 43.3 Å². The lowest BCUT2D eigenvalue weighted by molar-refractivity contribution is 0.127. The Morgan fingerprint density at radius 2 is 2.11 bits per heavy atom. The van der Waals surface area contributed by atoms with Gasteiger partial charge >= 0.3 is 0 Å². The number of nitrogens with zero attached hydrogens (tertiary/aromatic N) is 5. The molecule has 0 amide bonds. The van der Waals surface area contributed by atoms with Gasteiger partial charge in [0.25, 0.3) is 0 Å². The van der Waals surface area contributed by atoms with E-state index in [1.807, 2.05) is 29.7 Å². The van der Waals surface area contributed by atoms with E-state index in [4.69, 9.17) is 21.1 Å². The van der Waals surface area contributed by atoms with Gasteiger partial charge in [-0.25, -0.2) is 4.98 Å². The van der Waals surface area contributed by atoms with Crippen LogP contribution in [-0.4, -0.2) is 45.9 Å². The summed E-state index contributed by atoms with van der Waals surface area (Å²) in [5.74, 6) is 1.55. The molecule has 5 rings (SSSR count). The number of rotatable bonds is 4. The van der Waals surface area contributed by atoms with Crippen molar-refractivity contribution in [3.05, 3.63) is 47.0 Å². The van der Waals surface area contributed by atoms with E-state index in [9.17, 15) is 0 Å². The molecule has 2 aliphatic rings. The molecule has 0 unspecified atom stereocenters. The van der Waals surface area contributed by atoms with E-state index in [2.05, 4.69) is 26.1 Å². The number of aromatic nitrogens is 4. The molecule has 8 heteroatoms. The molecule has 0 aliphatic carbocycles. The van der Waals surface area contributed by atoms with Crippen molar-refractivity contribution in [1.82, 2.24) is 19.6 Å². The number of ether oxygens (including phenoxy) is 2. The van der Waals surface area contributed by atoms with Gasteiger partial charge in [0.1, 0.15) is 11.6 Å². The van der Waals surface area contributed by atoms with Crippen molar-refractivity contribution >= 4 is 22.9 Å². The fraction of sp³-hybridized carbons (Fsp3) is 0.450. The summed E-state index contributed by atoms with van der Waals surface area (Å²) < 4.78 is 13.2. The van der Waals surface area contributed by atoms with Gasteiger partial charge in [-0.1, -0.05) is 17.7 Å². The molecule has 0 bridgehead atoms. The van der Waals surface area contributed by atoms with Crippen molar-refractivity contribution < 1.29 is 9.47 Å². The van der Waals surface area contributed by atoms with E-state index in [1.54, 1.807) is 6.20 Å². The highest BCUT2D eigenvalue weighted by Crippen LogP contribution is 2.45. The summed E-state index contributed by atoms with van der Waals surface area (Å²) in [6, 6.07) is 6.20. The molecular weight excluding hydrogens is 378 g/mol. The summed E-state index contributed by atoms with van der Waals surface area (Å²) >= 11 is 6.71. The minimum atomic E-state index is 0.0657. The van der Waals surface area contributed by atoms with Gasteiger partial charge in [-0.2, -0.15) is 0 Å². The average Bonchev–Trinajstić information content (AvgIpc) is 3.31. The van der Waals surface area contributed by atoms with Gasteiger partial charge in [0.15, 0.2) is 11.5 Å². The highest BCUT2D eigenvalue weighted by Gasteiger charge is 2.43. The highest BCUT2D eigenvalue weighted by atomic mass is 35.5. The molecule has 1 spiro atoms. The van der Waals surface area contributed by atoms with Gasteiger partial charge in [0.2, 0.25) is 5.88 Å². The summed E-state index contributed by atoms with van der Waals surface area (Å²) in [4.78, 5) is 6.70. The van der Waals surface area contributed by atoms with Gasteiger partial charge in [-0.3, -0.25) is 4.40 Å². The van der Waals surface area contributed by atoms with Gasteiger partial charge in [-0.15, -0.1) is 10.2 Å². The molecule has 3 aromatic heterocycles. The molecule has 5 heterocycles. The zero-order valence-electron chi connectivity index (χ0n) is 15.8. The number of halogens is 1. The molecule has 0 saturated carbocycles. The smallest absolute Gasteiger partial charge is 0.217 e. The Morgan fingerprint density at radius 3 is 2.93 bits per heavy atom. The second kappa shape index (κ2) is 6.90. The SMILES string of the molecule is CCOCc1nnc2c(Cl)c(N3CCC4(CC3)COc3ncccc34)ccn12. The summed E-state index contributed by atoms with van der Waals surface area (Å²) in [6.07, 6.45) is 5.79. The molecule has 3 aromatic rings. The van der Waals surface area contributed by atoms with Crippen LogP contribution in [0.2, 0.25) is 5.02 Å². The molecule has 0 radical (unpaired) electrons.